The van der Waals surface area contributed by atoms with Crippen LogP contribution in [0, 0.1) is 50.2 Å². The highest BCUT2D eigenvalue weighted by Crippen LogP contribution is 2.76. The monoisotopic (exact) mass is 500 g/mol. The first-order chi connectivity index (χ1) is 16.6. The van der Waals surface area contributed by atoms with E-state index in [2.05, 4.69) is 40.7 Å². The van der Waals surface area contributed by atoms with Crippen molar-refractivity contribution in [1.29, 1.82) is 0 Å². The molecule has 2 bridgehead atoms. The number of fused-ring (bicyclic) bond motifs is 7. The lowest BCUT2D eigenvalue weighted by Gasteiger charge is -2.71. The van der Waals surface area contributed by atoms with Crippen molar-refractivity contribution < 1.29 is 29.6 Å². The Labute approximate surface area is 214 Å². The zero-order chi connectivity index (χ0) is 26.3. The first-order valence-electron chi connectivity index (χ1n) is 14.1. The highest BCUT2D eigenvalue weighted by molar-refractivity contribution is 5.85. The van der Waals surface area contributed by atoms with Crippen molar-refractivity contribution in [2.45, 2.75) is 111 Å². The van der Waals surface area contributed by atoms with Crippen molar-refractivity contribution in [2.24, 2.45) is 50.2 Å². The van der Waals surface area contributed by atoms with Gasteiger partial charge in [-0.25, -0.2) is 0 Å². The standard InChI is InChI=1S/C30H44O6/c1-25(2)18-9-12-28(5)19(26(18,3)11-10-20(25)31)8-7-16-17-13-27(4,23(33)34)22-15-30(17,24(35)36-22)21(32)14-29(16,28)6/h7,17-22,31-32H,8-15H2,1-6H3,(H,33,34). The lowest BCUT2D eigenvalue weighted by atomic mass is 9.33. The minimum atomic E-state index is -1.15. The van der Waals surface area contributed by atoms with Crippen LogP contribution >= 0.6 is 0 Å². The number of aliphatic hydroxyl groups is 2. The molecule has 1 saturated heterocycles. The van der Waals surface area contributed by atoms with Crippen molar-refractivity contribution in [2.75, 3.05) is 0 Å². The zero-order valence-electron chi connectivity index (χ0n) is 22.8. The van der Waals surface area contributed by atoms with Crippen LogP contribution in [0.3, 0.4) is 0 Å². The molecule has 0 aromatic rings. The summed E-state index contributed by atoms with van der Waals surface area (Å²) in [5.41, 5.74) is -1.42. The van der Waals surface area contributed by atoms with Crippen LogP contribution in [0.25, 0.3) is 0 Å². The Bertz CT molecular complexity index is 1060. The molecule has 5 fully saturated rings. The minimum absolute atomic E-state index is 0.0811. The third-order valence-corrected chi connectivity index (χ3v) is 13.7. The molecule has 11 atom stereocenters. The third kappa shape index (κ3) is 2.52. The van der Waals surface area contributed by atoms with Crippen LogP contribution in [-0.4, -0.2) is 45.6 Å². The molecule has 6 rings (SSSR count). The molecule has 1 spiro atoms. The summed E-state index contributed by atoms with van der Waals surface area (Å²) in [5, 5.41) is 32.9. The summed E-state index contributed by atoms with van der Waals surface area (Å²) in [6.45, 7) is 13.3. The Morgan fingerprint density at radius 1 is 0.944 bits per heavy atom. The largest absolute Gasteiger partial charge is 0.481 e. The van der Waals surface area contributed by atoms with Gasteiger partial charge in [0.05, 0.1) is 12.2 Å². The van der Waals surface area contributed by atoms with E-state index in [4.69, 9.17) is 4.74 Å². The van der Waals surface area contributed by atoms with E-state index < -0.39 is 35.0 Å². The van der Waals surface area contributed by atoms with E-state index in [0.29, 0.717) is 31.1 Å². The van der Waals surface area contributed by atoms with Crippen LogP contribution in [0.2, 0.25) is 0 Å². The van der Waals surface area contributed by atoms with Crippen LogP contribution in [0.4, 0.5) is 0 Å². The van der Waals surface area contributed by atoms with Crippen LogP contribution in [0.5, 0.6) is 0 Å². The van der Waals surface area contributed by atoms with Gasteiger partial charge in [-0.3, -0.25) is 9.59 Å². The predicted molar refractivity (Wildman–Crippen MR) is 134 cm³/mol. The summed E-state index contributed by atoms with van der Waals surface area (Å²) in [6.07, 6.45) is 6.46. The van der Waals surface area contributed by atoms with Crippen LogP contribution in [-0.2, 0) is 14.3 Å². The van der Waals surface area contributed by atoms with E-state index in [1.165, 1.54) is 5.57 Å². The number of hydrogen-bond acceptors (Lipinski definition) is 5. The number of carboxylic acids is 1. The van der Waals surface area contributed by atoms with Crippen LogP contribution < -0.4 is 0 Å². The number of aliphatic carboxylic acids is 1. The topological polar surface area (TPSA) is 104 Å². The van der Waals surface area contributed by atoms with Gasteiger partial charge in [0.1, 0.15) is 16.9 Å². The number of allylic oxidation sites excluding steroid dienone is 2. The van der Waals surface area contributed by atoms with Crippen molar-refractivity contribution >= 4 is 11.9 Å². The zero-order valence-corrected chi connectivity index (χ0v) is 22.8. The highest BCUT2D eigenvalue weighted by Gasteiger charge is 2.75. The molecule has 4 saturated carbocycles. The molecule has 0 radical (unpaired) electrons. The second kappa shape index (κ2) is 6.97. The summed E-state index contributed by atoms with van der Waals surface area (Å²) in [4.78, 5) is 25.8. The van der Waals surface area contributed by atoms with E-state index in [1.54, 1.807) is 6.92 Å². The number of carbonyl (C=O) groups is 2. The Morgan fingerprint density at radius 3 is 2.31 bits per heavy atom. The molecular weight excluding hydrogens is 456 g/mol. The summed E-state index contributed by atoms with van der Waals surface area (Å²) >= 11 is 0. The molecule has 0 aromatic carbocycles. The highest BCUT2D eigenvalue weighted by atomic mass is 16.6. The fraction of sp³-hybridized carbons (Fsp3) is 0.867. The van der Waals surface area contributed by atoms with Crippen molar-refractivity contribution in [3.05, 3.63) is 11.6 Å². The van der Waals surface area contributed by atoms with Gasteiger partial charge in [0, 0.05) is 12.3 Å². The lowest BCUT2D eigenvalue weighted by Crippen LogP contribution is -2.67. The van der Waals surface area contributed by atoms with E-state index >= 15 is 0 Å². The molecule has 36 heavy (non-hydrogen) atoms. The number of carboxylic acid groups (broad SMARTS) is 1. The summed E-state index contributed by atoms with van der Waals surface area (Å²) in [7, 11) is 0. The quantitative estimate of drug-likeness (QED) is 0.356. The normalized spacial score (nSPS) is 56.9. The van der Waals surface area contributed by atoms with Crippen LogP contribution in [0.15, 0.2) is 11.6 Å². The van der Waals surface area contributed by atoms with E-state index in [9.17, 15) is 24.9 Å². The van der Waals surface area contributed by atoms with Gasteiger partial charge < -0.3 is 20.1 Å². The smallest absolute Gasteiger partial charge is 0.315 e. The van der Waals surface area contributed by atoms with Crippen molar-refractivity contribution in [3.63, 3.8) is 0 Å². The van der Waals surface area contributed by atoms with Crippen molar-refractivity contribution in [3.8, 4) is 0 Å². The molecule has 6 nitrogen and oxygen atoms in total. The van der Waals surface area contributed by atoms with Gasteiger partial charge in [-0.2, -0.15) is 0 Å². The van der Waals surface area contributed by atoms with Gasteiger partial charge in [0.15, 0.2) is 0 Å². The number of ether oxygens (including phenoxy) is 1. The Kier molecular flexibility index (Phi) is 4.82. The number of rotatable bonds is 1. The first-order valence-corrected chi connectivity index (χ1v) is 14.1. The second-order valence-corrected chi connectivity index (χ2v) is 15.0. The molecule has 11 unspecified atom stereocenters. The number of esters is 1. The number of carbonyl (C=O) groups excluding carboxylic acids is 1. The SMILES string of the molecule is CC1(C(=O)O)CC2C3=CCC4C5(C)CCC(O)C(C)(C)C5CCC4(C)C3(C)CC(O)C23CC1OC3=O. The molecule has 1 heterocycles. The van der Waals surface area contributed by atoms with E-state index in [1.807, 2.05) is 0 Å². The number of aliphatic hydroxyl groups excluding tert-OH is 2. The maximum Gasteiger partial charge on any atom is 0.315 e. The first kappa shape index (κ1) is 24.9. The maximum absolute atomic E-state index is 13.4. The fourth-order valence-corrected chi connectivity index (χ4v) is 11.1. The molecule has 3 N–H and O–H groups in total. The van der Waals surface area contributed by atoms with Gasteiger partial charge in [0.25, 0.3) is 0 Å². The Balaban J connectivity index is 1.48. The molecule has 1 aliphatic heterocycles. The average Bonchev–Trinajstić information content (AvgIpc) is 3.09. The molecule has 0 aromatic heterocycles. The Morgan fingerprint density at radius 2 is 1.64 bits per heavy atom. The third-order valence-electron chi connectivity index (χ3n) is 13.7. The molecule has 6 aliphatic rings. The van der Waals surface area contributed by atoms with Crippen LogP contribution in [0.1, 0.15) is 92.9 Å². The van der Waals surface area contributed by atoms with Gasteiger partial charge in [-0.05, 0) is 85.4 Å². The van der Waals surface area contributed by atoms with E-state index in [0.717, 1.165) is 32.1 Å². The predicted octanol–water partition coefficient (Wildman–Crippen LogP) is 4.72. The fourth-order valence-electron chi connectivity index (χ4n) is 11.1. The number of hydrogen-bond donors (Lipinski definition) is 3. The molecule has 5 aliphatic carbocycles. The van der Waals surface area contributed by atoms with Crippen molar-refractivity contribution in [1.82, 2.24) is 0 Å². The molecule has 0 amide bonds. The summed E-state index contributed by atoms with van der Waals surface area (Å²) < 4.78 is 5.73. The summed E-state index contributed by atoms with van der Waals surface area (Å²) in [6, 6.07) is 0. The summed E-state index contributed by atoms with van der Waals surface area (Å²) in [5.74, 6) is -0.798. The molecule has 6 heteroatoms. The minimum Gasteiger partial charge on any atom is -0.481 e. The second-order valence-electron chi connectivity index (χ2n) is 15.0. The van der Waals surface area contributed by atoms with E-state index in [-0.39, 0.29) is 33.7 Å². The molecular formula is C30H44O6. The maximum atomic E-state index is 13.4. The lowest BCUT2D eigenvalue weighted by molar-refractivity contribution is -0.213. The van der Waals surface area contributed by atoms with Gasteiger partial charge in [0.2, 0.25) is 0 Å². The van der Waals surface area contributed by atoms with Gasteiger partial charge in [-0.15, -0.1) is 0 Å². The van der Waals surface area contributed by atoms with Gasteiger partial charge >= 0.3 is 11.9 Å². The van der Waals surface area contributed by atoms with Gasteiger partial charge in [-0.1, -0.05) is 46.3 Å². The Hall–Kier alpha value is -1.40. The molecule has 200 valence electrons. The average molecular weight is 501 g/mol.